The normalized spacial score (nSPS) is 20.1. The predicted molar refractivity (Wildman–Crippen MR) is 115 cm³/mol. The Balaban J connectivity index is 1.23. The molecule has 3 heterocycles. The Morgan fingerprint density at radius 3 is 2.97 bits per heavy atom. The molecular formula is C22H29N3O3S. The molecule has 6 nitrogen and oxygen atoms in total. The molecule has 0 spiro atoms. The highest BCUT2D eigenvalue weighted by molar-refractivity contribution is 7.09. The molecule has 0 bridgehead atoms. The van der Waals surface area contributed by atoms with Crippen LogP contribution in [0.15, 0.2) is 35.7 Å². The summed E-state index contributed by atoms with van der Waals surface area (Å²) in [4.78, 5) is 16.3. The van der Waals surface area contributed by atoms with E-state index in [1.165, 1.54) is 17.7 Å². The van der Waals surface area contributed by atoms with Gasteiger partial charge in [-0.2, -0.15) is 0 Å². The van der Waals surface area contributed by atoms with Crippen LogP contribution in [0.25, 0.3) is 0 Å². The van der Waals surface area contributed by atoms with Crippen molar-refractivity contribution in [2.75, 3.05) is 32.8 Å². The van der Waals surface area contributed by atoms with Crippen LogP contribution < -0.4 is 20.1 Å². The van der Waals surface area contributed by atoms with Gasteiger partial charge in [0.25, 0.3) is 0 Å². The molecule has 29 heavy (non-hydrogen) atoms. The van der Waals surface area contributed by atoms with E-state index in [2.05, 4.69) is 33.0 Å². The number of thiophene rings is 1. The summed E-state index contributed by atoms with van der Waals surface area (Å²) in [6.45, 7) is 7.02. The summed E-state index contributed by atoms with van der Waals surface area (Å²) < 4.78 is 11.2. The molecule has 1 aromatic heterocycles. The highest BCUT2D eigenvalue weighted by Gasteiger charge is 2.21. The Hall–Kier alpha value is -2.25. The molecule has 1 fully saturated rings. The third-order valence-corrected chi connectivity index (χ3v) is 6.39. The summed E-state index contributed by atoms with van der Waals surface area (Å²) in [6.07, 6.45) is 2.35. The van der Waals surface area contributed by atoms with Crippen LogP contribution in [0.3, 0.4) is 0 Å². The van der Waals surface area contributed by atoms with Crippen LogP contribution in [0.4, 0.5) is 4.79 Å². The molecule has 2 aliphatic rings. The van der Waals surface area contributed by atoms with E-state index in [-0.39, 0.29) is 12.1 Å². The fraction of sp³-hybridized carbons (Fsp3) is 0.500. The van der Waals surface area contributed by atoms with Crippen molar-refractivity contribution in [2.45, 2.75) is 32.4 Å². The van der Waals surface area contributed by atoms with Crippen molar-refractivity contribution < 1.29 is 14.3 Å². The number of nitrogens with zero attached hydrogens (tertiary/aromatic N) is 1. The number of carbonyl (C=O) groups is 1. The molecule has 2 N–H and O–H groups in total. The summed E-state index contributed by atoms with van der Waals surface area (Å²) in [5, 5.41) is 8.23. The summed E-state index contributed by atoms with van der Waals surface area (Å²) in [7, 11) is 0. The maximum atomic E-state index is 12.4. The van der Waals surface area contributed by atoms with Gasteiger partial charge >= 0.3 is 6.03 Å². The molecule has 0 saturated carbocycles. The number of likely N-dealkylation sites (tertiary alicyclic amines) is 1. The first-order chi connectivity index (χ1) is 14.2. The molecule has 4 rings (SSSR count). The maximum absolute atomic E-state index is 12.4. The maximum Gasteiger partial charge on any atom is 0.315 e. The molecule has 2 atom stereocenters. The molecule has 1 saturated heterocycles. The van der Waals surface area contributed by atoms with Gasteiger partial charge < -0.3 is 20.1 Å². The van der Waals surface area contributed by atoms with Crippen molar-refractivity contribution in [2.24, 2.45) is 5.92 Å². The van der Waals surface area contributed by atoms with Gasteiger partial charge in [-0.25, -0.2) is 4.79 Å². The lowest BCUT2D eigenvalue weighted by Gasteiger charge is -2.32. The van der Waals surface area contributed by atoms with E-state index in [1.807, 2.05) is 36.5 Å². The molecule has 2 amide bonds. The second-order valence-electron chi connectivity index (χ2n) is 7.80. The Bertz CT molecular complexity index is 812. The van der Waals surface area contributed by atoms with Gasteiger partial charge in [-0.05, 0) is 61.4 Å². The topological polar surface area (TPSA) is 62.8 Å². The van der Waals surface area contributed by atoms with Crippen molar-refractivity contribution in [1.82, 2.24) is 15.5 Å². The van der Waals surface area contributed by atoms with Crippen molar-refractivity contribution in [3.05, 3.63) is 46.2 Å². The van der Waals surface area contributed by atoms with Crippen LogP contribution in [0.2, 0.25) is 0 Å². The number of carbonyl (C=O) groups excluding carboxylic acids is 1. The molecule has 7 heteroatoms. The van der Waals surface area contributed by atoms with E-state index in [4.69, 9.17) is 9.47 Å². The molecule has 2 aromatic rings. The smallest absolute Gasteiger partial charge is 0.315 e. The van der Waals surface area contributed by atoms with Crippen molar-refractivity contribution in [1.29, 1.82) is 0 Å². The number of nitrogens with one attached hydrogen (secondary N) is 2. The van der Waals surface area contributed by atoms with E-state index < -0.39 is 0 Å². The fourth-order valence-corrected chi connectivity index (χ4v) is 4.73. The summed E-state index contributed by atoms with van der Waals surface area (Å²) in [5.74, 6) is 2.01. The van der Waals surface area contributed by atoms with Crippen molar-refractivity contribution in [3.63, 3.8) is 0 Å². The molecule has 156 valence electrons. The summed E-state index contributed by atoms with van der Waals surface area (Å²) >= 11 is 1.81. The number of piperidine rings is 1. The van der Waals surface area contributed by atoms with Gasteiger partial charge in [-0.3, -0.25) is 4.90 Å². The van der Waals surface area contributed by atoms with E-state index in [9.17, 15) is 4.79 Å². The van der Waals surface area contributed by atoms with Gasteiger partial charge in [0.15, 0.2) is 11.5 Å². The first-order valence-electron chi connectivity index (χ1n) is 10.4. The van der Waals surface area contributed by atoms with Gasteiger partial charge in [0.2, 0.25) is 0 Å². The van der Waals surface area contributed by atoms with Crippen LogP contribution >= 0.6 is 11.3 Å². The van der Waals surface area contributed by atoms with Gasteiger partial charge in [0.1, 0.15) is 13.2 Å². The third kappa shape index (κ3) is 5.42. The van der Waals surface area contributed by atoms with Crippen LogP contribution in [0.1, 0.15) is 36.2 Å². The first-order valence-corrected chi connectivity index (χ1v) is 11.2. The largest absolute Gasteiger partial charge is 0.486 e. The molecule has 0 aliphatic carbocycles. The number of benzene rings is 1. The Labute approximate surface area is 176 Å². The number of amides is 2. The number of hydrogen-bond donors (Lipinski definition) is 2. The number of hydrogen-bond acceptors (Lipinski definition) is 5. The number of rotatable bonds is 6. The van der Waals surface area contributed by atoms with Gasteiger partial charge in [0.05, 0.1) is 6.04 Å². The minimum Gasteiger partial charge on any atom is -0.486 e. The Kier molecular flexibility index (Phi) is 6.56. The zero-order valence-electron chi connectivity index (χ0n) is 16.9. The van der Waals surface area contributed by atoms with Crippen LogP contribution in [0.5, 0.6) is 11.5 Å². The highest BCUT2D eigenvalue weighted by atomic mass is 32.1. The van der Waals surface area contributed by atoms with Crippen LogP contribution in [-0.4, -0.2) is 43.8 Å². The van der Waals surface area contributed by atoms with E-state index >= 15 is 0 Å². The van der Waals surface area contributed by atoms with E-state index in [0.29, 0.717) is 25.7 Å². The molecule has 2 unspecified atom stereocenters. The number of ether oxygens (including phenoxy) is 2. The monoisotopic (exact) mass is 415 g/mol. The van der Waals surface area contributed by atoms with Crippen molar-refractivity contribution >= 4 is 17.4 Å². The number of urea groups is 1. The minimum atomic E-state index is -0.122. The minimum absolute atomic E-state index is 0.104. The average molecular weight is 416 g/mol. The van der Waals surface area contributed by atoms with Gasteiger partial charge in [-0.15, -0.1) is 11.3 Å². The van der Waals surface area contributed by atoms with E-state index in [1.54, 1.807) is 0 Å². The molecule has 0 radical (unpaired) electrons. The summed E-state index contributed by atoms with van der Waals surface area (Å²) in [5.41, 5.74) is 1.00. The number of fused-ring (bicyclic) bond motifs is 1. The van der Waals surface area contributed by atoms with Gasteiger partial charge in [-0.1, -0.05) is 12.1 Å². The first kappa shape index (κ1) is 20.0. The second-order valence-corrected chi connectivity index (χ2v) is 8.83. The lowest BCUT2D eigenvalue weighted by molar-refractivity contribution is 0.166. The van der Waals surface area contributed by atoms with E-state index in [0.717, 1.165) is 36.7 Å². The van der Waals surface area contributed by atoms with Crippen molar-refractivity contribution in [3.8, 4) is 11.5 Å². The highest BCUT2D eigenvalue weighted by Crippen LogP contribution is 2.32. The molecule has 1 aromatic carbocycles. The lowest BCUT2D eigenvalue weighted by Crippen LogP contribution is -2.43. The Morgan fingerprint density at radius 1 is 1.28 bits per heavy atom. The standard InChI is InChI=1S/C22H29N3O3S/c1-16(18-6-7-20-21(12-18)28-10-9-27-20)24-22(26)23-13-17-4-2-8-25(14-17)15-19-5-3-11-29-19/h3,5-7,11-12,16-17H,2,4,8-10,13-15H2,1H3,(H2,23,24,26). The molecular weight excluding hydrogens is 386 g/mol. The summed E-state index contributed by atoms with van der Waals surface area (Å²) in [6, 6.07) is 9.90. The third-order valence-electron chi connectivity index (χ3n) is 5.53. The zero-order chi connectivity index (χ0) is 20.1. The zero-order valence-corrected chi connectivity index (χ0v) is 17.7. The van der Waals surface area contributed by atoms with Gasteiger partial charge in [0, 0.05) is 24.5 Å². The molecule has 2 aliphatic heterocycles. The van der Waals surface area contributed by atoms with Crippen LogP contribution in [-0.2, 0) is 6.54 Å². The predicted octanol–water partition coefficient (Wildman–Crippen LogP) is 3.79. The SMILES string of the molecule is CC(NC(=O)NCC1CCCN(Cc2cccs2)C1)c1ccc2c(c1)OCCO2. The quantitative estimate of drug-likeness (QED) is 0.754. The second kappa shape index (κ2) is 9.50. The lowest BCUT2D eigenvalue weighted by atomic mass is 9.98. The fourth-order valence-electron chi connectivity index (χ4n) is 3.98. The average Bonchev–Trinajstić information content (AvgIpc) is 3.25. The Morgan fingerprint density at radius 2 is 2.14 bits per heavy atom. The van der Waals surface area contributed by atoms with Crippen LogP contribution in [0, 0.1) is 5.92 Å².